The lowest BCUT2D eigenvalue weighted by Crippen LogP contribution is -2.11. The minimum absolute atomic E-state index is 0.291. The number of aromatic nitrogens is 2. The van der Waals surface area contributed by atoms with E-state index in [-0.39, 0.29) is 5.91 Å². The van der Waals surface area contributed by atoms with Crippen molar-refractivity contribution in [2.45, 2.75) is 13.2 Å². The van der Waals surface area contributed by atoms with Gasteiger partial charge in [0.1, 0.15) is 0 Å². The molecule has 1 aliphatic rings. The Morgan fingerprint density at radius 3 is 3.29 bits per heavy atom. The first-order valence-electron chi connectivity index (χ1n) is 4.15. The van der Waals surface area contributed by atoms with Gasteiger partial charge < -0.3 is 4.74 Å². The summed E-state index contributed by atoms with van der Waals surface area (Å²) in [6.07, 6.45) is 2.83. The summed E-state index contributed by atoms with van der Waals surface area (Å²) in [5, 5.41) is 2.49. The number of hydrogen-bond donors (Lipinski definition) is 1. The standard InChI is InChI=1S/C9H9N3O2/c1-2-8(13)12-9-10-3-6-4-14-5-7(6)11-9/h2-3H,1,4-5H2,(H,10,11,12,13). The second kappa shape index (κ2) is 3.55. The van der Waals surface area contributed by atoms with Crippen LogP contribution in [0.3, 0.4) is 0 Å². The Bertz CT molecular complexity index is 390. The monoisotopic (exact) mass is 191 g/mol. The van der Waals surface area contributed by atoms with Crippen molar-refractivity contribution in [2.75, 3.05) is 5.32 Å². The van der Waals surface area contributed by atoms with Crippen molar-refractivity contribution < 1.29 is 9.53 Å². The number of rotatable bonds is 2. The van der Waals surface area contributed by atoms with Crippen LogP contribution in [0.5, 0.6) is 0 Å². The van der Waals surface area contributed by atoms with Gasteiger partial charge in [-0.25, -0.2) is 9.97 Å². The van der Waals surface area contributed by atoms with E-state index in [9.17, 15) is 4.79 Å². The van der Waals surface area contributed by atoms with Gasteiger partial charge in [0.15, 0.2) is 0 Å². The normalized spacial score (nSPS) is 13.4. The second-order valence-electron chi connectivity index (χ2n) is 2.85. The molecular formula is C9H9N3O2. The number of ether oxygens (including phenoxy) is 1. The molecule has 14 heavy (non-hydrogen) atoms. The van der Waals surface area contributed by atoms with Crippen molar-refractivity contribution in [1.29, 1.82) is 0 Å². The van der Waals surface area contributed by atoms with Crippen LogP contribution in [0.2, 0.25) is 0 Å². The quantitative estimate of drug-likeness (QED) is 0.696. The zero-order valence-corrected chi connectivity index (χ0v) is 7.49. The Balaban J connectivity index is 2.20. The van der Waals surface area contributed by atoms with Crippen LogP contribution in [-0.2, 0) is 22.7 Å². The number of nitrogens with zero attached hydrogens (tertiary/aromatic N) is 2. The molecule has 0 spiro atoms. The summed E-state index contributed by atoms with van der Waals surface area (Å²) in [5.41, 5.74) is 1.81. The summed E-state index contributed by atoms with van der Waals surface area (Å²) in [4.78, 5) is 19.0. The second-order valence-corrected chi connectivity index (χ2v) is 2.85. The highest BCUT2D eigenvalue weighted by Crippen LogP contribution is 2.17. The number of carbonyl (C=O) groups is 1. The van der Waals surface area contributed by atoms with Crippen LogP contribution >= 0.6 is 0 Å². The molecule has 0 saturated heterocycles. The fourth-order valence-corrected chi connectivity index (χ4v) is 1.17. The molecule has 1 N–H and O–H groups in total. The van der Waals surface area contributed by atoms with Crippen LogP contribution in [0.1, 0.15) is 11.3 Å². The molecule has 0 radical (unpaired) electrons. The third-order valence-electron chi connectivity index (χ3n) is 1.87. The van der Waals surface area contributed by atoms with E-state index in [0.29, 0.717) is 19.2 Å². The van der Waals surface area contributed by atoms with E-state index in [1.165, 1.54) is 6.08 Å². The van der Waals surface area contributed by atoms with E-state index >= 15 is 0 Å². The lowest BCUT2D eigenvalue weighted by Gasteiger charge is -2.01. The van der Waals surface area contributed by atoms with Gasteiger partial charge in [-0.1, -0.05) is 6.58 Å². The highest BCUT2D eigenvalue weighted by molar-refractivity contribution is 5.97. The zero-order valence-electron chi connectivity index (χ0n) is 7.49. The molecule has 0 aromatic carbocycles. The lowest BCUT2D eigenvalue weighted by atomic mass is 10.3. The maximum atomic E-state index is 10.9. The first-order valence-corrected chi connectivity index (χ1v) is 4.15. The van der Waals surface area contributed by atoms with E-state index in [2.05, 4.69) is 21.9 Å². The summed E-state index contributed by atoms with van der Waals surface area (Å²) in [6, 6.07) is 0. The number of anilines is 1. The molecule has 1 aliphatic heterocycles. The number of carbonyl (C=O) groups excluding carboxylic acids is 1. The predicted molar refractivity (Wildman–Crippen MR) is 49.4 cm³/mol. The van der Waals surface area contributed by atoms with Crippen LogP contribution in [0.4, 0.5) is 5.95 Å². The third kappa shape index (κ3) is 1.62. The van der Waals surface area contributed by atoms with Crippen LogP contribution < -0.4 is 5.32 Å². The van der Waals surface area contributed by atoms with Crippen LogP contribution in [0.15, 0.2) is 18.9 Å². The van der Waals surface area contributed by atoms with Gasteiger partial charge in [-0.3, -0.25) is 10.1 Å². The minimum atomic E-state index is -0.316. The highest BCUT2D eigenvalue weighted by atomic mass is 16.5. The molecule has 0 atom stereocenters. The number of nitrogens with one attached hydrogen (secondary N) is 1. The van der Waals surface area contributed by atoms with Crippen molar-refractivity contribution >= 4 is 11.9 Å². The van der Waals surface area contributed by atoms with Crippen LogP contribution in [0.25, 0.3) is 0 Å². The highest BCUT2D eigenvalue weighted by Gasteiger charge is 2.14. The molecule has 5 heteroatoms. The number of hydrogen-bond acceptors (Lipinski definition) is 4. The topological polar surface area (TPSA) is 64.1 Å². The van der Waals surface area contributed by atoms with Gasteiger partial charge in [0.2, 0.25) is 11.9 Å². The van der Waals surface area contributed by atoms with E-state index in [1.807, 2.05) is 0 Å². The lowest BCUT2D eigenvalue weighted by molar-refractivity contribution is -0.111. The Morgan fingerprint density at radius 2 is 2.50 bits per heavy atom. The summed E-state index contributed by atoms with van der Waals surface area (Å²) in [7, 11) is 0. The molecule has 0 fully saturated rings. The summed E-state index contributed by atoms with van der Waals surface area (Å²) < 4.78 is 5.17. The largest absolute Gasteiger partial charge is 0.370 e. The van der Waals surface area contributed by atoms with Crippen LogP contribution in [-0.4, -0.2) is 15.9 Å². The number of amides is 1. The Hall–Kier alpha value is -1.75. The smallest absolute Gasteiger partial charge is 0.250 e. The van der Waals surface area contributed by atoms with E-state index in [1.54, 1.807) is 6.20 Å². The van der Waals surface area contributed by atoms with Crippen molar-refractivity contribution in [3.05, 3.63) is 30.1 Å². The van der Waals surface area contributed by atoms with Gasteiger partial charge >= 0.3 is 0 Å². The van der Waals surface area contributed by atoms with E-state index in [0.717, 1.165) is 11.3 Å². The molecule has 0 unspecified atom stereocenters. The molecule has 0 bridgehead atoms. The minimum Gasteiger partial charge on any atom is -0.370 e. The Kier molecular flexibility index (Phi) is 2.24. The van der Waals surface area contributed by atoms with Crippen molar-refractivity contribution in [3.63, 3.8) is 0 Å². The number of fused-ring (bicyclic) bond motifs is 1. The fourth-order valence-electron chi connectivity index (χ4n) is 1.17. The van der Waals surface area contributed by atoms with Gasteiger partial charge in [-0.15, -0.1) is 0 Å². The fraction of sp³-hybridized carbons (Fsp3) is 0.222. The van der Waals surface area contributed by atoms with Gasteiger partial charge in [0.05, 0.1) is 18.9 Å². The summed E-state index contributed by atoms with van der Waals surface area (Å²) >= 11 is 0. The molecule has 0 aliphatic carbocycles. The van der Waals surface area contributed by atoms with Crippen molar-refractivity contribution in [2.24, 2.45) is 0 Å². The molecule has 72 valence electrons. The van der Waals surface area contributed by atoms with E-state index < -0.39 is 0 Å². The Labute approximate surface area is 80.8 Å². The first-order chi connectivity index (χ1) is 6.79. The molecular weight excluding hydrogens is 182 g/mol. The average molecular weight is 191 g/mol. The molecule has 1 aromatic rings. The van der Waals surface area contributed by atoms with Crippen LogP contribution in [0, 0.1) is 0 Å². The summed E-state index contributed by atoms with van der Waals surface area (Å²) in [6.45, 7) is 4.36. The van der Waals surface area contributed by atoms with Gasteiger partial charge in [-0.2, -0.15) is 0 Å². The van der Waals surface area contributed by atoms with Crippen molar-refractivity contribution in [1.82, 2.24) is 9.97 Å². The maximum Gasteiger partial charge on any atom is 0.250 e. The first kappa shape index (κ1) is 8.83. The van der Waals surface area contributed by atoms with E-state index in [4.69, 9.17) is 4.74 Å². The predicted octanol–water partition coefficient (Wildman–Crippen LogP) is 0.631. The van der Waals surface area contributed by atoms with Gasteiger partial charge in [0, 0.05) is 11.8 Å². The molecule has 2 rings (SSSR count). The SMILES string of the molecule is C=CC(=O)Nc1ncc2c(n1)COC2. The zero-order chi connectivity index (χ0) is 9.97. The third-order valence-corrected chi connectivity index (χ3v) is 1.87. The summed E-state index contributed by atoms with van der Waals surface area (Å²) in [5.74, 6) is -0.0250. The molecule has 0 saturated carbocycles. The molecule has 2 heterocycles. The molecule has 1 aromatic heterocycles. The Morgan fingerprint density at radius 1 is 1.64 bits per heavy atom. The maximum absolute atomic E-state index is 10.9. The van der Waals surface area contributed by atoms with Crippen molar-refractivity contribution in [3.8, 4) is 0 Å². The van der Waals surface area contributed by atoms with Gasteiger partial charge in [0.25, 0.3) is 0 Å². The molecule has 5 nitrogen and oxygen atoms in total. The van der Waals surface area contributed by atoms with Gasteiger partial charge in [-0.05, 0) is 6.08 Å². The molecule has 1 amide bonds. The average Bonchev–Trinajstić information content (AvgIpc) is 2.64.